The second-order valence-corrected chi connectivity index (χ2v) is 6.64. The third-order valence-electron chi connectivity index (χ3n) is 4.39. The molecule has 0 aromatic carbocycles. The molecule has 0 spiro atoms. The van der Waals surface area contributed by atoms with Crippen molar-refractivity contribution in [3.8, 4) is 0 Å². The highest BCUT2D eigenvalue weighted by Crippen LogP contribution is 2.33. The quantitative estimate of drug-likeness (QED) is 0.779. The van der Waals surface area contributed by atoms with Crippen LogP contribution in [0, 0.1) is 6.92 Å². The maximum Gasteiger partial charge on any atom is 0.0992 e. The molecular formula is C16H23NO2S. The Morgan fingerprint density at radius 1 is 1.55 bits per heavy atom. The lowest BCUT2D eigenvalue weighted by Crippen LogP contribution is -2.51. The van der Waals surface area contributed by atoms with Crippen LogP contribution in [0.3, 0.4) is 0 Å². The standard InChI is InChI=1S/C16H23NO2S/c1-3-8-18-14-5-4-13-16(14)19-9-7-17(13)11-15-12(2)6-10-20-15/h3,6,10,13-14,16H,1,4-5,7-9,11H2,2H3/t13-,14-,16+/m0/s1. The molecule has 4 heteroatoms. The van der Waals surface area contributed by atoms with E-state index in [9.17, 15) is 0 Å². The molecule has 0 N–H and O–H groups in total. The minimum atomic E-state index is 0.240. The highest BCUT2D eigenvalue weighted by atomic mass is 32.1. The lowest BCUT2D eigenvalue weighted by Gasteiger charge is -2.39. The number of rotatable bonds is 5. The van der Waals surface area contributed by atoms with Crippen LogP contribution in [0.5, 0.6) is 0 Å². The van der Waals surface area contributed by atoms with Crippen molar-refractivity contribution in [3.63, 3.8) is 0 Å². The molecule has 0 radical (unpaired) electrons. The fraction of sp³-hybridized carbons (Fsp3) is 0.625. The van der Waals surface area contributed by atoms with Crippen LogP contribution in [0.1, 0.15) is 23.3 Å². The minimum absolute atomic E-state index is 0.240. The van der Waals surface area contributed by atoms with Gasteiger partial charge in [0.2, 0.25) is 0 Å². The first-order valence-electron chi connectivity index (χ1n) is 7.40. The smallest absolute Gasteiger partial charge is 0.0992 e. The lowest BCUT2D eigenvalue weighted by molar-refractivity contribution is -0.111. The molecule has 3 rings (SSSR count). The van der Waals surface area contributed by atoms with Crippen molar-refractivity contribution in [2.45, 2.75) is 44.6 Å². The van der Waals surface area contributed by atoms with E-state index in [0.29, 0.717) is 12.6 Å². The SMILES string of the molecule is C=CCO[C@H]1CC[C@H]2[C@H]1OCCN2Cc1sccc1C. The summed E-state index contributed by atoms with van der Waals surface area (Å²) in [6.45, 7) is 9.47. The molecule has 3 atom stereocenters. The van der Waals surface area contributed by atoms with Crippen LogP contribution < -0.4 is 0 Å². The Hall–Kier alpha value is -0.680. The molecule has 1 aliphatic heterocycles. The van der Waals surface area contributed by atoms with E-state index in [2.05, 4.69) is 29.8 Å². The number of aryl methyl sites for hydroxylation is 1. The van der Waals surface area contributed by atoms with Gasteiger partial charge in [0.25, 0.3) is 0 Å². The van der Waals surface area contributed by atoms with Crippen molar-refractivity contribution in [2.75, 3.05) is 19.8 Å². The summed E-state index contributed by atoms with van der Waals surface area (Å²) in [5.41, 5.74) is 1.41. The van der Waals surface area contributed by atoms with Crippen LogP contribution in [-0.2, 0) is 16.0 Å². The molecular weight excluding hydrogens is 270 g/mol. The molecule has 3 nitrogen and oxygen atoms in total. The van der Waals surface area contributed by atoms with Crippen molar-refractivity contribution in [2.24, 2.45) is 0 Å². The van der Waals surface area contributed by atoms with Crippen LogP contribution in [-0.4, -0.2) is 42.9 Å². The Labute approximate surface area is 125 Å². The van der Waals surface area contributed by atoms with E-state index < -0.39 is 0 Å². The van der Waals surface area contributed by atoms with Gasteiger partial charge in [-0.1, -0.05) is 6.08 Å². The summed E-state index contributed by atoms with van der Waals surface area (Å²) in [6, 6.07) is 2.72. The van der Waals surface area contributed by atoms with Gasteiger partial charge in [0.1, 0.15) is 0 Å². The Bertz CT molecular complexity index is 459. The molecule has 1 aromatic heterocycles. The summed E-state index contributed by atoms with van der Waals surface area (Å²) < 4.78 is 11.9. The fourth-order valence-corrected chi connectivity index (χ4v) is 4.24. The van der Waals surface area contributed by atoms with E-state index in [0.717, 1.165) is 26.1 Å². The lowest BCUT2D eigenvalue weighted by atomic mass is 10.1. The van der Waals surface area contributed by atoms with Gasteiger partial charge in [0.15, 0.2) is 0 Å². The van der Waals surface area contributed by atoms with Crippen LogP contribution in [0.25, 0.3) is 0 Å². The molecule has 0 amide bonds. The molecule has 2 fully saturated rings. The Morgan fingerprint density at radius 3 is 3.20 bits per heavy atom. The summed E-state index contributed by atoms with van der Waals surface area (Å²) >= 11 is 1.87. The van der Waals surface area contributed by atoms with Gasteiger partial charge in [-0.05, 0) is 36.8 Å². The third-order valence-corrected chi connectivity index (χ3v) is 5.40. The van der Waals surface area contributed by atoms with Crippen molar-refractivity contribution in [1.29, 1.82) is 0 Å². The zero-order valence-electron chi connectivity index (χ0n) is 12.1. The first-order valence-corrected chi connectivity index (χ1v) is 8.28. The first-order chi connectivity index (χ1) is 9.79. The Kier molecular flexibility index (Phi) is 4.56. The highest BCUT2D eigenvalue weighted by molar-refractivity contribution is 7.10. The topological polar surface area (TPSA) is 21.7 Å². The highest BCUT2D eigenvalue weighted by Gasteiger charge is 2.43. The van der Waals surface area contributed by atoms with Crippen molar-refractivity contribution < 1.29 is 9.47 Å². The summed E-state index contributed by atoms with van der Waals surface area (Å²) in [6.07, 6.45) is 4.58. The Morgan fingerprint density at radius 2 is 2.45 bits per heavy atom. The van der Waals surface area contributed by atoms with Gasteiger partial charge in [-0.2, -0.15) is 0 Å². The number of thiophene rings is 1. The van der Waals surface area contributed by atoms with Gasteiger partial charge in [0, 0.05) is 24.0 Å². The predicted octanol–water partition coefficient (Wildman–Crippen LogP) is 2.99. The van der Waals surface area contributed by atoms with Crippen LogP contribution >= 0.6 is 11.3 Å². The average molecular weight is 293 g/mol. The van der Waals surface area contributed by atoms with Crippen LogP contribution in [0.2, 0.25) is 0 Å². The molecule has 0 unspecified atom stereocenters. The molecule has 2 aliphatic rings. The molecule has 1 aromatic rings. The van der Waals surface area contributed by atoms with Gasteiger partial charge in [0.05, 0.1) is 25.4 Å². The number of nitrogens with zero attached hydrogens (tertiary/aromatic N) is 1. The van der Waals surface area contributed by atoms with E-state index >= 15 is 0 Å². The fourth-order valence-electron chi connectivity index (χ4n) is 3.31. The number of fused-ring (bicyclic) bond motifs is 1. The van der Waals surface area contributed by atoms with E-state index in [1.165, 1.54) is 16.9 Å². The molecule has 1 saturated carbocycles. The van der Waals surface area contributed by atoms with E-state index in [1.807, 2.05) is 17.4 Å². The van der Waals surface area contributed by atoms with Crippen molar-refractivity contribution in [1.82, 2.24) is 4.90 Å². The summed E-state index contributed by atoms with van der Waals surface area (Å²) in [7, 11) is 0. The average Bonchev–Trinajstić information content (AvgIpc) is 3.04. The van der Waals surface area contributed by atoms with Crippen molar-refractivity contribution in [3.05, 3.63) is 34.5 Å². The maximum atomic E-state index is 5.99. The molecule has 0 bridgehead atoms. The van der Waals surface area contributed by atoms with Gasteiger partial charge < -0.3 is 9.47 Å². The second-order valence-electron chi connectivity index (χ2n) is 5.64. The molecule has 1 aliphatic carbocycles. The molecule has 110 valence electrons. The van der Waals surface area contributed by atoms with Gasteiger partial charge in [-0.25, -0.2) is 0 Å². The summed E-state index contributed by atoms with van der Waals surface area (Å²) in [4.78, 5) is 4.07. The van der Waals surface area contributed by atoms with Gasteiger partial charge in [-0.15, -0.1) is 17.9 Å². The second kappa shape index (κ2) is 6.39. The monoisotopic (exact) mass is 293 g/mol. The maximum absolute atomic E-state index is 5.99. The zero-order chi connectivity index (χ0) is 13.9. The molecule has 2 heterocycles. The zero-order valence-corrected chi connectivity index (χ0v) is 12.9. The predicted molar refractivity (Wildman–Crippen MR) is 82.2 cm³/mol. The summed E-state index contributed by atoms with van der Waals surface area (Å²) in [5, 5.41) is 2.19. The van der Waals surface area contributed by atoms with Crippen LogP contribution in [0.15, 0.2) is 24.1 Å². The number of ether oxygens (including phenoxy) is 2. The number of hydrogen-bond acceptors (Lipinski definition) is 4. The van der Waals surface area contributed by atoms with E-state index in [4.69, 9.17) is 9.47 Å². The van der Waals surface area contributed by atoms with E-state index in [-0.39, 0.29) is 12.2 Å². The summed E-state index contributed by atoms with van der Waals surface area (Å²) in [5.74, 6) is 0. The first kappa shape index (κ1) is 14.3. The molecule has 1 saturated heterocycles. The normalized spacial score (nSPS) is 30.4. The van der Waals surface area contributed by atoms with Gasteiger partial charge >= 0.3 is 0 Å². The van der Waals surface area contributed by atoms with Crippen molar-refractivity contribution >= 4 is 11.3 Å². The number of hydrogen-bond donors (Lipinski definition) is 0. The minimum Gasteiger partial charge on any atom is -0.373 e. The molecule has 20 heavy (non-hydrogen) atoms. The Balaban J connectivity index is 1.65. The van der Waals surface area contributed by atoms with E-state index in [1.54, 1.807) is 0 Å². The third kappa shape index (κ3) is 2.84. The number of morpholine rings is 1. The van der Waals surface area contributed by atoms with Crippen LogP contribution in [0.4, 0.5) is 0 Å². The van der Waals surface area contributed by atoms with Gasteiger partial charge in [-0.3, -0.25) is 4.90 Å². The largest absolute Gasteiger partial charge is 0.373 e.